The minimum Gasteiger partial charge on any atom is -0.506 e. The maximum absolute atomic E-state index is 12.4. The van der Waals surface area contributed by atoms with Gasteiger partial charge in [-0.2, -0.15) is 0 Å². The van der Waals surface area contributed by atoms with Gasteiger partial charge in [0.15, 0.2) is 6.29 Å². The summed E-state index contributed by atoms with van der Waals surface area (Å²) in [5.74, 6) is -0.585. The monoisotopic (exact) mass is 434 g/mol. The largest absolute Gasteiger partial charge is 0.506 e. The van der Waals surface area contributed by atoms with Gasteiger partial charge in [0.05, 0.1) is 51.8 Å². The van der Waals surface area contributed by atoms with Gasteiger partial charge in [-0.05, 0) is 30.7 Å². The number of nitrogens with zero attached hydrogens (tertiary/aromatic N) is 4. The van der Waals surface area contributed by atoms with Crippen LogP contribution in [0.4, 0.5) is 0 Å². The number of phenolic OH excluding ortho intramolecular Hbond substituents is 1. The number of rotatable bonds is 15. The predicted molar refractivity (Wildman–Crippen MR) is 111 cm³/mol. The van der Waals surface area contributed by atoms with Gasteiger partial charge in [0.1, 0.15) is 11.4 Å². The fraction of sp³-hybridized carbons (Fsp3) is 0.500. The summed E-state index contributed by atoms with van der Waals surface area (Å²) in [6.45, 7) is 4.53. The first-order chi connectivity index (χ1) is 15.1. The number of fused-ring (bicyclic) bond motifs is 1. The van der Waals surface area contributed by atoms with Gasteiger partial charge in [0.2, 0.25) is 0 Å². The van der Waals surface area contributed by atoms with E-state index in [0.29, 0.717) is 55.8 Å². The van der Waals surface area contributed by atoms with E-state index in [-0.39, 0.29) is 37.7 Å². The molecule has 11 nitrogen and oxygen atoms in total. The number of aldehydes is 1. The van der Waals surface area contributed by atoms with E-state index in [1.54, 1.807) is 17.6 Å². The van der Waals surface area contributed by atoms with Crippen molar-refractivity contribution in [3.8, 4) is 5.75 Å². The number of carbonyl (C=O) groups excluding carboxylic acids is 2. The number of aromatic hydroxyl groups is 1. The van der Waals surface area contributed by atoms with E-state index < -0.39 is 5.97 Å². The zero-order valence-electron chi connectivity index (χ0n) is 17.4. The van der Waals surface area contributed by atoms with E-state index in [9.17, 15) is 14.7 Å². The maximum Gasteiger partial charge on any atom is 0.354 e. The molecule has 0 aliphatic heterocycles. The Bertz CT molecular complexity index is 922. The molecule has 0 saturated heterocycles. The Labute approximate surface area is 179 Å². The molecule has 1 N–H and O–H groups in total. The number of carbonyl (C=O) groups is 2. The molecule has 0 radical (unpaired) electrons. The molecule has 1 heterocycles. The van der Waals surface area contributed by atoms with Crippen LogP contribution in [0.5, 0.6) is 5.75 Å². The van der Waals surface area contributed by atoms with Gasteiger partial charge < -0.3 is 28.6 Å². The topological polar surface area (TPSA) is 145 Å². The Kier molecular flexibility index (Phi) is 10.3. The molecule has 0 fully saturated rings. The van der Waals surface area contributed by atoms with Crippen LogP contribution in [0.2, 0.25) is 0 Å². The SMILES string of the molecule is CCOC(=O)c1cc2c(C=O)ccc(O)c2n1CCOCCOCCOCCN=[N+]=[N-]. The highest BCUT2D eigenvalue weighted by molar-refractivity contribution is 6.04. The minimum absolute atomic E-state index is 0.0417. The summed E-state index contributed by atoms with van der Waals surface area (Å²) >= 11 is 0. The van der Waals surface area contributed by atoms with Crippen LogP contribution in [0.15, 0.2) is 23.3 Å². The van der Waals surface area contributed by atoms with Crippen molar-refractivity contribution in [2.24, 2.45) is 5.11 Å². The van der Waals surface area contributed by atoms with Crippen LogP contribution >= 0.6 is 0 Å². The normalized spacial score (nSPS) is 10.7. The van der Waals surface area contributed by atoms with E-state index in [1.807, 2.05) is 0 Å². The van der Waals surface area contributed by atoms with Crippen LogP contribution < -0.4 is 0 Å². The van der Waals surface area contributed by atoms with Crippen LogP contribution in [0, 0.1) is 0 Å². The fourth-order valence-electron chi connectivity index (χ4n) is 2.94. The second-order valence-electron chi connectivity index (χ2n) is 6.25. The Morgan fingerprint density at radius 2 is 1.84 bits per heavy atom. The molecule has 0 bridgehead atoms. The number of benzene rings is 1. The van der Waals surface area contributed by atoms with Crippen molar-refractivity contribution in [2.75, 3.05) is 52.8 Å². The minimum atomic E-state index is -0.543. The van der Waals surface area contributed by atoms with Crippen molar-refractivity contribution in [3.63, 3.8) is 0 Å². The Morgan fingerprint density at radius 3 is 2.48 bits per heavy atom. The quantitative estimate of drug-likeness (QED) is 0.113. The lowest BCUT2D eigenvalue weighted by molar-refractivity contribution is 0.0145. The summed E-state index contributed by atoms with van der Waals surface area (Å²) in [6, 6.07) is 4.46. The summed E-state index contributed by atoms with van der Waals surface area (Å²) in [6.07, 6.45) is 0.676. The molecule has 0 saturated carbocycles. The first-order valence-corrected chi connectivity index (χ1v) is 9.85. The summed E-state index contributed by atoms with van der Waals surface area (Å²) < 4.78 is 22.8. The molecule has 2 aromatic rings. The van der Waals surface area contributed by atoms with Crippen molar-refractivity contribution in [3.05, 3.63) is 39.9 Å². The van der Waals surface area contributed by atoms with Crippen molar-refractivity contribution in [2.45, 2.75) is 13.5 Å². The molecule has 1 aromatic carbocycles. The molecule has 0 unspecified atom stereocenters. The van der Waals surface area contributed by atoms with Gasteiger partial charge in [0, 0.05) is 29.0 Å². The van der Waals surface area contributed by atoms with Crippen LogP contribution in [0.1, 0.15) is 27.8 Å². The first-order valence-electron chi connectivity index (χ1n) is 9.85. The van der Waals surface area contributed by atoms with E-state index in [1.165, 1.54) is 12.1 Å². The third-order valence-corrected chi connectivity index (χ3v) is 4.28. The third kappa shape index (κ3) is 6.97. The van der Waals surface area contributed by atoms with Gasteiger partial charge in [-0.3, -0.25) is 4.79 Å². The van der Waals surface area contributed by atoms with E-state index in [0.717, 1.165) is 0 Å². The van der Waals surface area contributed by atoms with E-state index in [4.69, 9.17) is 24.5 Å². The van der Waals surface area contributed by atoms with Crippen LogP contribution in [-0.4, -0.2) is 74.7 Å². The summed E-state index contributed by atoms with van der Waals surface area (Å²) in [5, 5.41) is 14.1. The molecule has 31 heavy (non-hydrogen) atoms. The second kappa shape index (κ2) is 13.2. The molecule has 2 rings (SSSR count). The van der Waals surface area contributed by atoms with Gasteiger partial charge in [-0.25, -0.2) is 4.79 Å². The smallest absolute Gasteiger partial charge is 0.354 e. The van der Waals surface area contributed by atoms with Crippen LogP contribution in [-0.2, 0) is 25.5 Å². The maximum atomic E-state index is 12.4. The highest BCUT2D eigenvalue weighted by Crippen LogP contribution is 2.31. The molecule has 11 heteroatoms. The number of aromatic nitrogens is 1. The van der Waals surface area contributed by atoms with Crippen molar-refractivity contribution < 1.29 is 33.6 Å². The summed E-state index contributed by atoms with van der Waals surface area (Å²) in [4.78, 5) is 26.3. The highest BCUT2D eigenvalue weighted by Gasteiger charge is 2.20. The molecule has 0 aliphatic rings. The zero-order chi connectivity index (χ0) is 22.5. The molecule has 0 aliphatic carbocycles. The lowest BCUT2D eigenvalue weighted by atomic mass is 10.1. The van der Waals surface area contributed by atoms with Crippen molar-refractivity contribution >= 4 is 23.2 Å². The van der Waals surface area contributed by atoms with E-state index in [2.05, 4.69) is 10.0 Å². The lowest BCUT2D eigenvalue weighted by Gasteiger charge is -2.12. The summed E-state index contributed by atoms with van der Waals surface area (Å²) in [7, 11) is 0. The van der Waals surface area contributed by atoms with Crippen LogP contribution in [0.25, 0.3) is 21.3 Å². The molecule has 0 amide bonds. The fourth-order valence-corrected chi connectivity index (χ4v) is 2.94. The molecular formula is C20H26N4O7. The highest BCUT2D eigenvalue weighted by atomic mass is 16.5. The second-order valence-corrected chi connectivity index (χ2v) is 6.25. The summed E-state index contributed by atoms with van der Waals surface area (Å²) in [5.41, 5.74) is 9.12. The molecule has 1 aromatic heterocycles. The van der Waals surface area contributed by atoms with Crippen LogP contribution in [0.3, 0.4) is 0 Å². The number of azide groups is 1. The molecule has 168 valence electrons. The number of phenols is 1. The number of ether oxygens (including phenoxy) is 4. The molecular weight excluding hydrogens is 408 g/mol. The third-order valence-electron chi connectivity index (χ3n) is 4.28. The van der Waals surface area contributed by atoms with E-state index >= 15 is 0 Å². The van der Waals surface area contributed by atoms with Crippen molar-refractivity contribution in [1.29, 1.82) is 0 Å². The number of hydrogen-bond donors (Lipinski definition) is 1. The average Bonchev–Trinajstić information content (AvgIpc) is 3.15. The van der Waals surface area contributed by atoms with Gasteiger partial charge >= 0.3 is 5.97 Å². The average molecular weight is 434 g/mol. The first kappa shape index (κ1) is 24.2. The number of esters is 1. The van der Waals surface area contributed by atoms with Gasteiger partial charge in [-0.15, -0.1) is 0 Å². The predicted octanol–water partition coefficient (Wildman–Crippen LogP) is 2.70. The number of hydrogen-bond acceptors (Lipinski definition) is 8. The van der Waals surface area contributed by atoms with Gasteiger partial charge in [-0.1, -0.05) is 5.11 Å². The Morgan fingerprint density at radius 1 is 1.16 bits per heavy atom. The van der Waals surface area contributed by atoms with Crippen molar-refractivity contribution in [1.82, 2.24) is 4.57 Å². The Hall–Kier alpha value is -3.11. The molecule has 0 atom stereocenters. The zero-order valence-corrected chi connectivity index (χ0v) is 17.4. The lowest BCUT2D eigenvalue weighted by Crippen LogP contribution is -2.16. The standard InChI is InChI=1S/C20H26N4O7/c1-2-31-20(27)17-13-16-15(14-25)3-4-18(26)19(16)24(17)6-8-29-10-12-30-11-9-28-7-5-22-23-21/h3-4,13-14,26H,2,5-12H2,1H3. The van der Waals surface area contributed by atoms with Gasteiger partial charge in [0.25, 0.3) is 0 Å². The molecule has 0 spiro atoms. The Balaban J connectivity index is 1.88.